The Balaban J connectivity index is 1.68. The third kappa shape index (κ3) is 2.67. The number of thiazole rings is 1. The molecular weight excluding hydrogens is 280 g/mol. The van der Waals surface area contributed by atoms with Crippen molar-refractivity contribution in [3.63, 3.8) is 0 Å². The van der Waals surface area contributed by atoms with Crippen LogP contribution in [-0.2, 0) is 20.9 Å². The number of morpholine rings is 1. The van der Waals surface area contributed by atoms with Crippen molar-refractivity contribution in [1.29, 1.82) is 0 Å². The normalized spacial score (nSPS) is 26.8. The van der Waals surface area contributed by atoms with E-state index in [0.29, 0.717) is 6.54 Å². The van der Waals surface area contributed by atoms with Gasteiger partial charge in [-0.3, -0.25) is 14.5 Å². The fourth-order valence-electron chi connectivity index (χ4n) is 2.77. The Labute approximate surface area is 120 Å². The molecule has 2 fully saturated rings. The van der Waals surface area contributed by atoms with Crippen LogP contribution in [0.1, 0.15) is 5.01 Å². The number of carbonyl (C=O) groups is 2. The maximum Gasteiger partial charge on any atom is 0.249 e. The van der Waals surface area contributed by atoms with Crippen LogP contribution in [0.5, 0.6) is 0 Å². The smallest absolute Gasteiger partial charge is 0.249 e. The van der Waals surface area contributed by atoms with Gasteiger partial charge < -0.3 is 15.4 Å². The van der Waals surface area contributed by atoms with E-state index >= 15 is 0 Å². The van der Waals surface area contributed by atoms with E-state index < -0.39 is 5.91 Å². The summed E-state index contributed by atoms with van der Waals surface area (Å²) in [5.74, 6) is -0.654. The summed E-state index contributed by atoms with van der Waals surface area (Å²) in [4.78, 5) is 31.0. The Morgan fingerprint density at radius 3 is 3.10 bits per heavy atom. The molecule has 0 aromatic carbocycles. The first-order valence-electron chi connectivity index (χ1n) is 6.43. The predicted molar refractivity (Wildman–Crippen MR) is 71.8 cm³/mol. The molecule has 2 unspecified atom stereocenters. The molecule has 2 aliphatic heterocycles. The Kier molecular flexibility index (Phi) is 3.68. The number of carbonyl (C=O) groups excluding carboxylic acids is 2. The molecule has 2 atom stereocenters. The lowest BCUT2D eigenvalue weighted by atomic mass is 10.1. The van der Waals surface area contributed by atoms with Gasteiger partial charge in [0.05, 0.1) is 25.2 Å². The first-order valence-corrected chi connectivity index (χ1v) is 7.31. The third-order valence-electron chi connectivity index (χ3n) is 3.62. The Bertz CT molecular complexity index is 507. The molecule has 0 aliphatic carbocycles. The second kappa shape index (κ2) is 5.47. The number of aromatic nitrogens is 1. The second-order valence-electron chi connectivity index (χ2n) is 5.02. The van der Waals surface area contributed by atoms with Crippen molar-refractivity contribution in [2.75, 3.05) is 26.2 Å². The number of rotatable bonds is 4. The molecule has 108 valence electrons. The molecule has 2 saturated heterocycles. The summed E-state index contributed by atoms with van der Waals surface area (Å²) in [6.45, 7) is 2.16. The van der Waals surface area contributed by atoms with Crippen LogP contribution in [-0.4, -0.2) is 65.0 Å². The number of primary amides is 1. The molecule has 2 aliphatic rings. The average molecular weight is 296 g/mol. The number of likely N-dealkylation sites (tertiary alicyclic amines) is 1. The summed E-state index contributed by atoms with van der Waals surface area (Å²) >= 11 is 1.61. The van der Waals surface area contributed by atoms with Gasteiger partial charge in [-0.05, 0) is 0 Å². The highest BCUT2D eigenvalue weighted by Crippen LogP contribution is 2.24. The SMILES string of the molecule is NC(=O)CN1C(=O)COC2CN(Cc3nccs3)CC21. The molecule has 0 saturated carbocycles. The third-order valence-corrected chi connectivity index (χ3v) is 4.39. The van der Waals surface area contributed by atoms with E-state index in [1.807, 2.05) is 5.38 Å². The van der Waals surface area contributed by atoms with E-state index in [-0.39, 0.29) is 31.2 Å². The Hall–Kier alpha value is -1.51. The zero-order chi connectivity index (χ0) is 14.1. The largest absolute Gasteiger partial charge is 0.368 e. The molecular formula is C12H16N4O3S. The van der Waals surface area contributed by atoms with Gasteiger partial charge in [0.2, 0.25) is 11.8 Å². The van der Waals surface area contributed by atoms with E-state index in [4.69, 9.17) is 10.5 Å². The molecule has 0 bridgehead atoms. The number of ether oxygens (including phenoxy) is 1. The molecule has 0 radical (unpaired) electrons. The molecule has 7 nitrogen and oxygen atoms in total. The van der Waals surface area contributed by atoms with E-state index in [9.17, 15) is 9.59 Å². The van der Waals surface area contributed by atoms with Crippen LogP contribution >= 0.6 is 11.3 Å². The maximum absolute atomic E-state index is 11.9. The molecule has 2 N–H and O–H groups in total. The van der Waals surface area contributed by atoms with E-state index in [0.717, 1.165) is 18.1 Å². The van der Waals surface area contributed by atoms with E-state index in [1.165, 1.54) is 0 Å². The minimum absolute atomic E-state index is 0.0273. The molecule has 2 amide bonds. The number of amides is 2. The minimum atomic E-state index is -0.489. The first-order chi connectivity index (χ1) is 9.63. The van der Waals surface area contributed by atoms with Crippen LogP contribution in [0.4, 0.5) is 0 Å². The fraction of sp³-hybridized carbons (Fsp3) is 0.583. The summed E-state index contributed by atoms with van der Waals surface area (Å²) in [6.07, 6.45) is 1.73. The standard InChI is InChI=1S/C12H16N4O3S/c13-10(17)5-16-8-3-15(6-11-14-1-2-20-11)4-9(8)19-7-12(16)18/h1-2,8-9H,3-7H2,(H2,13,17). The van der Waals surface area contributed by atoms with Gasteiger partial charge in [0.25, 0.3) is 0 Å². The van der Waals surface area contributed by atoms with Crippen molar-refractivity contribution < 1.29 is 14.3 Å². The maximum atomic E-state index is 11.9. The van der Waals surface area contributed by atoms with Crippen LogP contribution < -0.4 is 5.73 Å². The van der Waals surface area contributed by atoms with Gasteiger partial charge in [-0.15, -0.1) is 11.3 Å². The van der Waals surface area contributed by atoms with E-state index in [2.05, 4.69) is 9.88 Å². The van der Waals surface area contributed by atoms with Gasteiger partial charge in [0.1, 0.15) is 11.6 Å². The molecule has 3 heterocycles. The second-order valence-corrected chi connectivity index (χ2v) is 6.00. The van der Waals surface area contributed by atoms with Crippen LogP contribution in [0.15, 0.2) is 11.6 Å². The summed E-state index contributed by atoms with van der Waals surface area (Å²) in [7, 11) is 0. The van der Waals surface area contributed by atoms with E-state index in [1.54, 1.807) is 22.4 Å². The monoisotopic (exact) mass is 296 g/mol. The number of nitrogens with zero attached hydrogens (tertiary/aromatic N) is 3. The minimum Gasteiger partial charge on any atom is -0.368 e. The summed E-state index contributed by atoms with van der Waals surface area (Å²) in [5.41, 5.74) is 5.22. The topological polar surface area (TPSA) is 88.8 Å². The molecule has 8 heteroatoms. The number of nitrogens with two attached hydrogens (primary N) is 1. The molecule has 1 aromatic rings. The summed E-state index contributed by atoms with van der Waals surface area (Å²) in [6, 6.07) is -0.0938. The highest BCUT2D eigenvalue weighted by Gasteiger charge is 2.43. The highest BCUT2D eigenvalue weighted by atomic mass is 32.1. The summed E-state index contributed by atoms with van der Waals surface area (Å²) < 4.78 is 5.57. The number of fused-ring (bicyclic) bond motifs is 1. The zero-order valence-corrected chi connectivity index (χ0v) is 11.7. The first kappa shape index (κ1) is 13.5. The lowest BCUT2D eigenvalue weighted by Crippen LogP contribution is -2.56. The van der Waals surface area contributed by atoms with Crippen molar-refractivity contribution in [2.45, 2.75) is 18.7 Å². The predicted octanol–water partition coefficient (Wildman–Crippen LogP) is -0.960. The average Bonchev–Trinajstić information content (AvgIpc) is 3.02. The number of hydrogen-bond donors (Lipinski definition) is 1. The zero-order valence-electron chi connectivity index (χ0n) is 10.9. The van der Waals surface area contributed by atoms with Crippen LogP contribution in [0, 0.1) is 0 Å². The lowest BCUT2D eigenvalue weighted by molar-refractivity contribution is -0.155. The van der Waals surface area contributed by atoms with Crippen LogP contribution in [0.3, 0.4) is 0 Å². The lowest BCUT2D eigenvalue weighted by Gasteiger charge is -2.35. The van der Waals surface area contributed by atoms with Crippen LogP contribution in [0.25, 0.3) is 0 Å². The Morgan fingerprint density at radius 1 is 1.55 bits per heavy atom. The van der Waals surface area contributed by atoms with Crippen molar-refractivity contribution in [3.8, 4) is 0 Å². The highest BCUT2D eigenvalue weighted by molar-refractivity contribution is 7.09. The van der Waals surface area contributed by atoms with Gasteiger partial charge in [0, 0.05) is 24.7 Å². The summed E-state index contributed by atoms with van der Waals surface area (Å²) in [5, 5.41) is 2.98. The molecule has 1 aromatic heterocycles. The fourth-order valence-corrected chi connectivity index (χ4v) is 3.42. The van der Waals surface area contributed by atoms with Crippen molar-refractivity contribution in [1.82, 2.24) is 14.8 Å². The van der Waals surface area contributed by atoms with Gasteiger partial charge in [-0.25, -0.2) is 4.98 Å². The van der Waals surface area contributed by atoms with Gasteiger partial charge >= 0.3 is 0 Å². The quantitative estimate of drug-likeness (QED) is 0.773. The van der Waals surface area contributed by atoms with Gasteiger partial charge in [-0.2, -0.15) is 0 Å². The Morgan fingerprint density at radius 2 is 2.40 bits per heavy atom. The van der Waals surface area contributed by atoms with Crippen LogP contribution in [0.2, 0.25) is 0 Å². The molecule has 3 rings (SSSR count). The van der Waals surface area contributed by atoms with Crippen molar-refractivity contribution >= 4 is 23.2 Å². The molecule has 20 heavy (non-hydrogen) atoms. The van der Waals surface area contributed by atoms with Crippen molar-refractivity contribution in [2.24, 2.45) is 5.73 Å². The van der Waals surface area contributed by atoms with Crippen molar-refractivity contribution in [3.05, 3.63) is 16.6 Å². The molecule has 0 spiro atoms. The van der Waals surface area contributed by atoms with Gasteiger partial charge in [-0.1, -0.05) is 0 Å². The number of hydrogen-bond acceptors (Lipinski definition) is 6. The van der Waals surface area contributed by atoms with Gasteiger partial charge in [0.15, 0.2) is 0 Å².